The van der Waals surface area contributed by atoms with Crippen LogP contribution in [0, 0.1) is 5.92 Å². The SMILES string of the molecule is CC(C)C(=O)C1([SiH3])CCCCO1. The molecule has 0 aliphatic carbocycles. The minimum absolute atomic E-state index is 0.126. The summed E-state index contributed by atoms with van der Waals surface area (Å²) in [6.45, 7) is 4.70. The average Bonchev–Trinajstić information content (AvgIpc) is 2.04. The lowest BCUT2D eigenvalue weighted by Crippen LogP contribution is -2.46. The summed E-state index contributed by atoms with van der Waals surface area (Å²) in [6.07, 6.45) is 3.23. The first kappa shape index (κ1) is 9.93. The third kappa shape index (κ3) is 1.96. The summed E-state index contributed by atoms with van der Waals surface area (Å²) in [4.78, 5) is 11.7. The van der Waals surface area contributed by atoms with Gasteiger partial charge in [0.25, 0.3) is 0 Å². The summed E-state index contributed by atoms with van der Waals surface area (Å²) in [5, 5.41) is -0.341. The maximum absolute atomic E-state index is 11.7. The molecule has 1 rings (SSSR count). The highest BCUT2D eigenvalue weighted by atomic mass is 28.1. The molecule has 1 saturated heterocycles. The normalized spacial score (nSPS) is 30.9. The van der Waals surface area contributed by atoms with Crippen LogP contribution in [-0.4, -0.2) is 27.9 Å². The van der Waals surface area contributed by atoms with E-state index in [1.54, 1.807) is 0 Å². The lowest BCUT2D eigenvalue weighted by atomic mass is 9.97. The average molecular weight is 186 g/mol. The summed E-state index contributed by atoms with van der Waals surface area (Å²) in [5.41, 5.74) is 0. The number of ether oxygens (including phenoxy) is 1. The first-order valence-electron chi connectivity index (χ1n) is 4.74. The van der Waals surface area contributed by atoms with E-state index in [1.165, 1.54) is 0 Å². The van der Waals surface area contributed by atoms with Crippen LogP contribution in [0.3, 0.4) is 0 Å². The van der Waals surface area contributed by atoms with E-state index in [9.17, 15) is 4.79 Å². The van der Waals surface area contributed by atoms with Crippen molar-refractivity contribution in [2.75, 3.05) is 6.61 Å². The number of rotatable bonds is 2. The maximum atomic E-state index is 11.7. The number of carbonyl (C=O) groups excluding carboxylic acids is 1. The van der Waals surface area contributed by atoms with Gasteiger partial charge in [-0.1, -0.05) is 13.8 Å². The predicted molar refractivity (Wildman–Crippen MR) is 52.3 cm³/mol. The highest BCUT2D eigenvalue weighted by molar-refractivity contribution is 6.28. The molecule has 0 radical (unpaired) electrons. The Hall–Kier alpha value is -0.153. The number of ketones is 1. The molecule has 1 heterocycles. The number of hydrogen-bond donors (Lipinski definition) is 0. The van der Waals surface area contributed by atoms with Crippen LogP contribution in [0.4, 0.5) is 0 Å². The Morgan fingerprint density at radius 3 is 2.58 bits per heavy atom. The van der Waals surface area contributed by atoms with E-state index in [0.717, 1.165) is 36.1 Å². The van der Waals surface area contributed by atoms with Crippen LogP contribution in [0.15, 0.2) is 0 Å². The van der Waals surface area contributed by atoms with Crippen LogP contribution >= 0.6 is 0 Å². The van der Waals surface area contributed by atoms with Gasteiger partial charge < -0.3 is 4.74 Å². The van der Waals surface area contributed by atoms with Crippen molar-refractivity contribution in [3.05, 3.63) is 0 Å². The van der Waals surface area contributed by atoms with E-state index in [0.29, 0.717) is 5.78 Å². The monoisotopic (exact) mass is 186 g/mol. The first-order chi connectivity index (χ1) is 5.56. The molecule has 1 unspecified atom stereocenters. The Kier molecular flexibility index (Phi) is 3.07. The molecule has 1 aliphatic rings. The van der Waals surface area contributed by atoms with Crippen LogP contribution < -0.4 is 0 Å². The number of Topliss-reactive ketones (excluding diaryl/α,β-unsaturated/α-hetero) is 1. The summed E-state index contributed by atoms with van der Waals surface area (Å²) in [6, 6.07) is 0. The fraction of sp³-hybridized carbons (Fsp3) is 0.889. The van der Waals surface area contributed by atoms with Gasteiger partial charge in [-0.2, -0.15) is 0 Å². The summed E-state index contributed by atoms with van der Waals surface area (Å²) >= 11 is 0. The molecular weight excluding hydrogens is 168 g/mol. The zero-order chi connectivity index (χ0) is 9.19. The second-order valence-corrected chi connectivity index (χ2v) is 5.67. The van der Waals surface area contributed by atoms with Crippen LogP contribution in [0.1, 0.15) is 33.1 Å². The van der Waals surface area contributed by atoms with Gasteiger partial charge >= 0.3 is 0 Å². The maximum Gasteiger partial charge on any atom is 0.162 e. The van der Waals surface area contributed by atoms with Crippen LogP contribution in [-0.2, 0) is 9.53 Å². The van der Waals surface area contributed by atoms with Crippen molar-refractivity contribution in [2.24, 2.45) is 5.92 Å². The third-order valence-electron chi connectivity index (χ3n) is 2.51. The van der Waals surface area contributed by atoms with Crippen molar-refractivity contribution < 1.29 is 9.53 Å². The molecule has 0 amide bonds. The van der Waals surface area contributed by atoms with Crippen molar-refractivity contribution in [2.45, 2.75) is 38.3 Å². The zero-order valence-electron chi connectivity index (χ0n) is 8.22. The van der Waals surface area contributed by atoms with Crippen molar-refractivity contribution in [1.82, 2.24) is 0 Å². The predicted octanol–water partition coefficient (Wildman–Crippen LogP) is 0.474. The summed E-state index contributed by atoms with van der Waals surface area (Å²) in [7, 11) is 0.840. The summed E-state index contributed by atoms with van der Waals surface area (Å²) in [5.74, 6) is 0.439. The largest absolute Gasteiger partial charge is 0.372 e. The molecule has 1 fully saturated rings. The standard InChI is InChI=1S/C9H18O2Si/c1-7(2)8(10)9(12)5-3-4-6-11-9/h7H,3-6H2,1-2,12H3. The molecule has 0 bridgehead atoms. The molecule has 3 heteroatoms. The van der Waals surface area contributed by atoms with E-state index in [-0.39, 0.29) is 11.1 Å². The fourth-order valence-corrected chi connectivity index (χ4v) is 2.87. The Morgan fingerprint density at radius 1 is 1.50 bits per heavy atom. The minimum atomic E-state index is -0.341. The lowest BCUT2D eigenvalue weighted by molar-refractivity contribution is -0.141. The van der Waals surface area contributed by atoms with E-state index in [2.05, 4.69) is 0 Å². The Labute approximate surface area is 77.1 Å². The highest BCUT2D eigenvalue weighted by Gasteiger charge is 2.36. The zero-order valence-corrected chi connectivity index (χ0v) is 10.2. The van der Waals surface area contributed by atoms with Crippen molar-refractivity contribution >= 4 is 16.0 Å². The van der Waals surface area contributed by atoms with Crippen LogP contribution in [0.2, 0.25) is 0 Å². The molecule has 0 aromatic rings. The van der Waals surface area contributed by atoms with Crippen molar-refractivity contribution in [1.29, 1.82) is 0 Å². The molecule has 0 aromatic carbocycles. The molecule has 0 aromatic heterocycles. The molecule has 12 heavy (non-hydrogen) atoms. The minimum Gasteiger partial charge on any atom is -0.372 e. The molecule has 70 valence electrons. The van der Waals surface area contributed by atoms with Gasteiger partial charge in [0.2, 0.25) is 0 Å². The lowest BCUT2D eigenvalue weighted by Gasteiger charge is -2.33. The van der Waals surface area contributed by atoms with E-state index in [1.807, 2.05) is 13.8 Å². The molecule has 1 atom stereocenters. The molecular formula is C9H18O2Si. The van der Waals surface area contributed by atoms with Gasteiger partial charge in [-0.3, -0.25) is 4.79 Å². The van der Waals surface area contributed by atoms with Crippen LogP contribution in [0.5, 0.6) is 0 Å². The molecule has 0 spiro atoms. The quantitative estimate of drug-likeness (QED) is 0.586. The first-order valence-corrected chi connectivity index (χ1v) is 5.74. The number of hydrogen-bond acceptors (Lipinski definition) is 2. The van der Waals surface area contributed by atoms with Crippen molar-refractivity contribution in [3.8, 4) is 0 Å². The molecule has 2 nitrogen and oxygen atoms in total. The Morgan fingerprint density at radius 2 is 2.17 bits per heavy atom. The number of carbonyl (C=O) groups is 1. The third-order valence-corrected chi connectivity index (χ3v) is 3.80. The van der Waals surface area contributed by atoms with Gasteiger partial charge in [0.1, 0.15) is 5.22 Å². The van der Waals surface area contributed by atoms with E-state index in [4.69, 9.17) is 4.74 Å². The fourth-order valence-electron chi connectivity index (χ4n) is 1.74. The Bertz CT molecular complexity index is 171. The van der Waals surface area contributed by atoms with Gasteiger partial charge in [0, 0.05) is 12.5 Å². The molecule has 0 N–H and O–H groups in total. The molecule has 0 saturated carbocycles. The molecule has 1 aliphatic heterocycles. The van der Waals surface area contributed by atoms with E-state index >= 15 is 0 Å². The summed E-state index contributed by atoms with van der Waals surface area (Å²) < 4.78 is 5.60. The van der Waals surface area contributed by atoms with Crippen LogP contribution in [0.25, 0.3) is 0 Å². The smallest absolute Gasteiger partial charge is 0.162 e. The topological polar surface area (TPSA) is 26.3 Å². The van der Waals surface area contributed by atoms with Gasteiger partial charge in [0.05, 0.1) is 10.2 Å². The van der Waals surface area contributed by atoms with Gasteiger partial charge in [-0.25, -0.2) is 0 Å². The second-order valence-electron chi connectivity index (χ2n) is 4.06. The second kappa shape index (κ2) is 3.71. The highest BCUT2D eigenvalue weighted by Crippen LogP contribution is 2.25. The van der Waals surface area contributed by atoms with Gasteiger partial charge in [0.15, 0.2) is 5.78 Å². The van der Waals surface area contributed by atoms with Gasteiger partial charge in [-0.15, -0.1) is 0 Å². The van der Waals surface area contributed by atoms with Gasteiger partial charge in [-0.05, 0) is 19.3 Å². The Balaban J connectivity index is 2.62. The van der Waals surface area contributed by atoms with Crippen molar-refractivity contribution in [3.63, 3.8) is 0 Å². The van der Waals surface area contributed by atoms with E-state index < -0.39 is 0 Å².